The number of sulfone groups is 1. The van der Waals surface area contributed by atoms with Crippen molar-refractivity contribution in [3.05, 3.63) is 29.8 Å². The van der Waals surface area contributed by atoms with Crippen LogP contribution in [0.15, 0.2) is 29.2 Å². The Bertz CT molecular complexity index is 535. The summed E-state index contributed by atoms with van der Waals surface area (Å²) in [7, 11) is -3.11. The van der Waals surface area contributed by atoms with Crippen LogP contribution >= 0.6 is 23.5 Å². The fraction of sp³-hybridized carbons (Fsp3) is 0.600. The molecule has 21 heavy (non-hydrogen) atoms. The molecule has 0 radical (unpaired) electrons. The summed E-state index contributed by atoms with van der Waals surface area (Å²) in [5.41, 5.74) is 1.17. The van der Waals surface area contributed by atoms with Crippen LogP contribution in [-0.4, -0.2) is 43.7 Å². The third kappa shape index (κ3) is 5.20. The van der Waals surface area contributed by atoms with E-state index in [2.05, 4.69) is 12.2 Å². The maximum atomic E-state index is 11.5. The van der Waals surface area contributed by atoms with Gasteiger partial charge in [0.05, 0.1) is 4.90 Å². The van der Waals surface area contributed by atoms with E-state index in [0.717, 1.165) is 17.9 Å². The maximum Gasteiger partial charge on any atom is 0.175 e. The fourth-order valence-electron chi connectivity index (χ4n) is 2.39. The molecular formula is C15H23NO2S3. The highest BCUT2D eigenvalue weighted by molar-refractivity contribution is 8.03. The SMILES string of the molecule is CC[C@H](NC1CSCCSC1)c1ccc(S(C)(=O)=O)cc1. The summed E-state index contributed by atoms with van der Waals surface area (Å²) in [5, 5.41) is 3.73. The van der Waals surface area contributed by atoms with Crippen molar-refractivity contribution in [1.82, 2.24) is 5.32 Å². The first-order valence-electron chi connectivity index (χ1n) is 7.22. The Morgan fingerprint density at radius 2 is 1.76 bits per heavy atom. The number of nitrogens with one attached hydrogen (secondary N) is 1. The highest BCUT2D eigenvalue weighted by Gasteiger charge is 2.18. The van der Waals surface area contributed by atoms with Gasteiger partial charge in [0.2, 0.25) is 0 Å². The lowest BCUT2D eigenvalue weighted by Gasteiger charge is -2.24. The largest absolute Gasteiger partial charge is 0.306 e. The molecule has 1 saturated heterocycles. The van der Waals surface area contributed by atoms with Crippen molar-refractivity contribution in [3.8, 4) is 0 Å². The van der Waals surface area contributed by atoms with Crippen LogP contribution < -0.4 is 5.32 Å². The molecule has 1 atom stereocenters. The second kappa shape index (κ2) is 7.90. The summed E-state index contributed by atoms with van der Waals surface area (Å²) in [6.45, 7) is 2.17. The molecule has 3 nitrogen and oxygen atoms in total. The summed E-state index contributed by atoms with van der Waals surface area (Å²) >= 11 is 4.03. The summed E-state index contributed by atoms with van der Waals surface area (Å²) in [4.78, 5) is 0.390. The smallest absolute Gasteiger partial charge is 0.175 e. The van der Waals surface area contributed by atoms with E-state index in [-0.39, 0.29) is 0 Å². The van der Waals surface area contributed by atoms with E-state index < -0.39 is 9.84 Å². The number of hydrogen-bond donors (Lipinski definition) is 1. The molecule has 1 aromatic carbocycles. The van der Waals surface area contributed by atoms with E-state index in [1.54, 1.807) is 12.1 Å². The van der Waals surface area contributed by atoms with E-state index in [0.29, 0.717) is 17.0 Å². The van der Waals surface area contributed by atoms with Crippen LogP contribution in [-0.2, 0) is 9.84 Å². The molecule has 1 aliphatic rings. The van der Waals surface area contributed by atoms with Crippen LogP contribution in [0, 0.1) is 0 Å². The van der Waals surface area contributed by atoms with Gasteiger partial charge in [0.25, 0.3) is 0 Å². The Hall–Kier alpha value is -0.170. The van der Waals surface area contributed by atoms with E-state index in [9.17, 15) is 8.42 Å². The van der Waals surface area contributed by atoms with Gasteiger partial charge in [-0.05, 0) is 24.1 Å². The van der Waals surface area contributed by atoms with Gasteiger partial charge in [-0.15, -0.1) is 0 Å². The number of hydrogen-bond acceptors (Lipinski definition) is 5. The van der Waals surface area contributed by atoms with Crippen LogP contribution in [0.1, 0.15) is 24.9 Å². The lowest BCUT2D eigenvalue weighted by molar-refractivity contribution is 0.474. The van der Waals surface area contributed by atoms with Gasteiger partial charge in [0, 0.05) is 41.4 Å². The van der Waals surface area contributed by atoms with Crippen molar-refractivity contribution in [1.29, 1.82) is 0 Å². The summed E-state index contributed by atoms with van der Waals surface area (Å²) in [6.07, 6.45) is 2.25. The van der Waals surface area contributed by atoms with Crippen LogP contribution in [0.4, 0.5) is 0 Å². The maximum absolute atomic E-state index is 11.5. The first-order valence-corrected chi connectivity index (χ1v) is 11.4. The first kappa shape index (κ1) is 17.2. The Morgan fingerprint density at radius 1 is 1.19 bits per heavy atom. The van der Waals surface area contributed by atoms with E-state index >= 15 is 0 Å². The molecule has 118 valence electrons. The quantitative estimate of drug-likeness (QED) is 0.889. The van der Waals surface area contributed by atoms with Gasteiger partial charge in [-0.1, -0.05) is 19.1 Å². The Labute approximate surface area is 136 Å². The normalized spacial score (nSPS) is 19.1. The molecule has 1 fully saturated rings. The fourth-order valence-corrected chi connectivity index (χ4v) is 5.45. The standard InChI is InChI=1S/C15H23NO2S3/c1-3-15(16-13-10-19-8-9-20-11-13)12-4-6-14(7-5-12)21(2,17)18/h4-7,13,15-16H,3,8-11H2,1-2H3/t15-/m0/s1. The average Bonchev–Trinajstić information content (AvgIpc) is 2.72. The number of benzene rings is 1. The molecule has 1 aromatic rings. The molecule has 2 rings (SSSR count). The molecule has 6 heteroatoms. The van der Waals surface area contributed by atoms with Crippen molar-refractivity contribution in [2.45, 2.75) is 30.3 Å². The van der Waals surface area contributed by atoms with E-state index in [4.69, 9.17) is 0 Å². The topological polar surface area (TPSA) is 46.2 Å². The highest BCUT2D eigenvalue weighted by Crippen LogP contribution is 2.23. The summed E-state index contributed by atoms with van der Waals surface area (Å²) < 4.78 is 23.0. The molecule has 0 amide bonds. The van der Waals surface area contributed by atoms with Gasteiger partial charge in [0.1, 0.15) is 0 Å². The van der Waals surface area contributed by atoms with Crippen molar-refractivity contribution >= 4 is 33.4 Å². The zero-order valence-corrected chi connectivity index (χ0v) is 15.0. The first-order chi connectivity index (χ1) is 10.0. The Balaban J connectivity index is 2.06. The number of thioether (sulfide) groups is 2. The molecule has 0 bridgehead atoms. The molecule has 1 aliphatic heterocycles. The second-order valence-corrected chi connectivity index (χ2v) is 9.63. The highest BCUT2D eigenvalue weighted by atomic mass is 32.2. The predicted molar refractivity (Wildman–Crippen MR) is 94.2 cm³/mol. The average molecular weight is 346 g/mol. The molecular weight excluding hydrogens is 322 g/mol. The minimum absolute atomic E-state index is 0.294. The molecule has 0 spiro atoms. The Morgan fingerprint density at radius 3 is 2.24 bits per heavy atom. The zero-order valence-electron chi connectivity index (χ0n) is 12.5. The number of rotatable bonds is 5. The predicted octanol–water partition coefficient (Wildman–Crippen LogP) is 2.98. The van der Waals surface area contributed by atoms with Crippen molar-refractivity contribution in [2.75, 3.05) is 29.3 Å². The summed E-state index contributed by atoms with van der Waals surface area (Å²) in [5.74, 6) is 4.79. The second-order valence-electron chi connectivity index (χ2n) is 5.32. The third-order valence-electron chi connectivity index (χ3n) is 3.57. The monoisotopic (exact) mass is 345 g/mol. The van der Waals surface area contributed by atoms with Gasteiger partial charge in [-0.3, -0.25) is 0 Å². The van der Waals surface area contributed by atoms with Crippen molar-refractivity contribution < 1.29 is 8.42 Å². The molecule has 0 aliphatic carbocycles. The van der Waals surface area contributed by atoms with Gasteiger partial charge in [0.15, 0.2) is 9.84 Å². The minimum atomic E-state index is -3.11. The molecule has 0 unspecified atom stereocenters. The van der Waals surface area contributed by atoms with Gasteiger partial charge < -0.3 is 5.32 Å². The van der Waals surface area contributed by atoms with Crippen molar-refractivity contribution in [3.63, 3.8) is 0 Å². The lowest BCUT2D eigenvalue weighted by Crippen LogP contribution is -2.36. The molecule has 0 aromatic heterocycles. The third-order valence-corrected chi connectivity index (χ3v) is 7.21. The van der Waals surface area contributed by atoms with Crippen LogP contribution in [0.3, 0.4) is 0 Å². The van der Waals surface area contributed by atoms with Gasteiger partial charge >= 0.3 is 0 Å². The van der Waals surface area contributed by atoms with Crippen molar-refractivity contribution in [2.24, 2.45) is 0 Å². The Kier molecular flexibility index (Phi) is 6.47. The van der Waals surface area contributed by atoms with Crippen LogP contribution in [0.2, 0.25) is 0 Å². The lowest BCUT2D eigenvalue weighted by atomic mass is 10.0. The molecule has 1 heterocycles. The van der Waals surface area contributed by atoms with Crippen LogP contribution in [0.5, 0.6) is 0 Å². The molecule has 1 N–H and O–H groups in total. The zero-order chi connectivity index (χ0) is 15.3. The van der Waals surface area contributed by atoms with Crippen LogP contribution in [0.25, 0.3) is 0 Å². The van der Waals surface area contributed by atoms with E-state index in [1.807, 2.05) is 35.7 Å². The molecule has 0 saturated carbocycles. The van der Waals surface area contributed by atoms with Gasteiger partial charge in [-0.2, -0.15) is 23.5 Å². The summed E-state index contributed by atoms with van der Waals surface area (Å²) in [6, 6.07) is 8.13. The van der Waals surface area contributed by atoms with Gasteiger partial charge in [-0.25, -0.2) is 8.42 Å². The minimum Gasteiger partial charge on any atom is -0.306 e. The van der Waals surface area contributed by atoms with E-state index in [1.165, 1.54) is 23.3 Å².